The van der Waals surface area contributed by atoms with E-state index >= 15 is 0 Å². The van der Waals surface area contributed by atoms with Gasteiger partial charge in [0.2, 0.25) is 0 Å². The van der Waals surface area contributed by atoms with Crippen LogP contribution in [0, 0.1) is 0 Å². The fraction of sp³-hybridized carbons (Fsp3) is 0.143. The maximum atomic E-state index is 12.9. The van der Waals surface area contributed by atoms with Crippen molar-refractivity contribution in [1.29, 1.82) is 0 Å². The van der Waals surface area contributed by atoms with E-state index < -0.39 is 17.8 Å². The van der Waals surface area contributed by atoms with E-state index in [1.807, 2.05) is 0 Å². The molecule has 100 valence electrons. The second kappa shape index (κ2) is 4.93. The Morgan fingerprint density at radius 3 is 2.11 bits per heavy atom. The molecule has 0 fully saturated rings. The van der Waals surface area contributed by atoms with Gasteiger partial charge in [-0.25, -0.2) is 0 Å². The van der Waals surface area contributed by atoms with Gasteiger partial charge in [0, 0.05) is 5.69 Å². The second-order valence-electron chi connectivity index (χ2n) is 4.15. The Morgan fingerprint density at radius 1 is 0.947 bits per heavy atom. The highest BCUT2D eigenvalue weighted by atomic mass is 19.4. The average Bonchev–Trinajstić information content (AvgIpc) is 2.38. The number of aliphatic hydroxyl groups excluding tert-OH is 1. The third kappa shape index (κ3) is 2.88. The normalized spacial score (nSPS) is 13.3. The number of benzene rings is 2. The molecule has 0 radical (unpaired) electrons. The van der Waals surface area contributed by atoms with E-state index in [9.17, 15) is 18.3 Å². The third-order valence-electron chi connectivity index (χ3n) is 2.81. The fourth-order valence-electron chi connectivity index (χ4n) is 1.85. The summed E-state index contributed by atoms with van der Waals surface area (Å²) in [5, 5.41) is 10.1. The molecule has 1 atom stereocenters. The van der Waals surface area contributed by atoms with Crippen molar-refractivity contribution in [2.45, 2.75) is 12.3 Å². The van der Waals surface area contributed by atoms with Crippen LogP contribution in [0.4, 0.5) is 18.9 Å². The maximum absolute atomic E-state index is 12.9. The first-order chi connectivity index (χ1) is 8.89. The second-order valence-corrected chi connectivity index (χ2v) is 4.15. The summed E-state index contributed by atoms with van der Waals surface area (Å²) in [7, 11) is 0. The van der Waals surface area contributed by atoms with Crippen molar-refractivity contribution in [2.24, 2.45) is 0 Å². The SMILES string of the molecule is Nc1ccc(C(O)c2ccccc2C(F)(F)F)cc1. The van der Waals surface area contributed by atoms with Gasteiger partial charge in [0.25, 0.3) is 0 Å². The quantitative estimate of drug-likeness (QED) is 0.819. The smallest absolute Gasteiger partial charge is 0.399 e. The number of hydrogen-bond donors (Lipinski definition) is 2. The van der Waals surface area contributed by atoms with Crippen molar-refractivity contribution >= 4 is 5.69 Å². The van der Waals surface area contributed by atoms with Crippen LogP contribution in [-0.2, 0) is 6.18 Å². The Balaban J connectivity index is 2.44. The van der Waals surface area contributed by atoms with Gasteiger partial charge in [-0.2, -0.15) is 13.2 Å². The predicted octanol–water partition coefficient (Wildman–Crippen LogP) is 3.37. The minimum absolute atomic E-state index is 0.167. The number of rotatable bonds is 2. The molecule has 0 aliphatic carbocycles. The number of anilines is 1. The topological polar surface area (TPSA) is 46.2 Å². The number of aliphatic hydroxyl groups is 1. The van der Waals surface area contributed by atoms with Crippen LogP contribution in [0.5, 0.6) is 0 Å². The van der Waals surface area contributed by atoms with Crippen LogP contribution in [0.15, 0.2) is 48.5 Å². The van der Waals surface area contributed by atoms with Gasteiger partial charge in [0.1, 0.15) is 6.10 Å². The van der Waals surface area contributed by atoms with Gasteiger partial charge < -0.3 is 10.8 Å². The lowest BCUT2D eigenvalue weighted by Crippen LogP contribution is -2.12. The van der Waals surface area contributed by atoms with E-state index in [2.05, 4.69) is 0 Å². The molecule has 19 heavy (non-hydrogen) atoms. The summed E-state index contributed by atoms with van der Waals surface area (Å²) >= 11 is 0. The van der Waals surface area contributed by atoms with Crippen LogP contribution in [0.25, 0.3) is 0 Å². The molecule has 0 spiro atoms. The molecule has 2 aromatic rings. The highest BCUT2D eigenvalue weighted by molar-refractivity contribution is 5.43. The van der Waals surface area contributed by atoms with E-state index in [1.54, 1.807) is 0 Å². The molecule has 0 heterocycles. The van der Waals surface area contributed by atoms with Gasteiger partial charge in [-0.1, -0.05) is 30.3 Å². The Labute approximate surface area is 108 Å². The molecule has 2 aromatic carbocycles. The summed E-state index contributed by atoms with van der Waals surface area (Å²) in [5.41, 5.74) is 5.35. The summed E-state index contributed by atoms with van der Waals surface area (Å²) in [6, 6.07) is 11.1. The van der Waals surface area contributed by atoms with Crippen molar-refractivity contribution in [3.05, 3.63) is 65.2 Å². The molecule has 2 nitrogen and oxygen atoms in total. The predicted molar refractivity (Wildman–Crippen MR) is 66.4 cm³/mol. The Hall–Kier alpha value is -2.01. The summed E-state index contributed by atoms with van der Waals surface area (Å²) in [6.45, 7) is 0. The molecule has 0 saturated carbocycles. The molecule has 1 unspecified atom stereocenters. The third-order valence-corrected chi connectivity index (χ3v) is 2.81. The van der Waals surface area contributed by atoms with Crippen LogP contribution < -0.4 is 5.73 Å². The van der Waals surface area contributed by atoms with E-state index in [0.29, 0.717) is 11.3 Å². The first-order valence-electron chi connectivity index (χ1n) is 5.59. The number of hydrogen-bond acceptors (Lipinski definition) is 2. The minimum atomic E-state index is -4.49. The van der Waals surface area contributed by atoms with Crippen molar-refractivity contribution < 1.29 is 18.3 Å². The van der Waals surface area contributed by atoms with Gasteiger partial charge in [-0.3, -0.25) is 0 Å². The highest BCUT2D eigenvalue weighted by Crippen LogP contribution is 2.36. The number of nitrogen functional groups attached to an aromatic ring is 1. The Kier molecular flexibility index (Phi) is 3.48. The van der Waals surface area contributed by atoms with E-state index in [-0.39, 0.29) is 5.56 Å². The molecule has 0 saturated heterocycles. The summed E-state index contributed by atoms with van der Waals surface area (Å²) in [5.74, 6) is 0. The number of nitrogens with two attached hydrogens (primary N) is 1. The first kappa shape index (κ1) is 13.4. The lowest BCUT2D eigenvalue weighted by molar-refractivity contribution is -0.139. The maximum Gasteiger partial charge on any atom is 0.416 e. The van der Waals surface area contributed by atoms with Gasteiger partial charge in [0.05, 0.1) is 5.56 Å². The largest absolute Gasteiger partial charge is 0.416 e. The summed E-state index contributed by atoms with van der Waals surface area (Å²) in [4.78, 5) is 0. The monoisotopic (exact) mass is 267 g/mol. The van der Waals surface area contributed by atoms with E-state index in [4.69, 9.17) is 5.73 Å². The van der Waals surface area contributed by atoms with Crippen LogP contribution >= 0.6 is 0 Å². The lowest BCUT2D eigenvalue weighted by Gasteiger charge is -2.17. The van der Waals surface area contributed by atoms with Gasteiger partial charge in [-0.15, -0.1) is 0 Å². The van der Waals surface area contributed by atoms with Crippen LogP contribution in [0.2, 0.25) is 0 Å². The lowest BCUT2D eigenvalue weighted by atomic mass is 9.96. The Bertz CT molecular complexity index is 564. The first-order valence-corrected chi connectivity index (χ1v) is 5.59. The molecule has 0 amide bonds. The molecular weight excluding hydrogens is 255 g/mol. The number of alkyl halides is 3. The zero-order valence-corrected chi connectivity index (χ0v) is 9.85. The minimum Gasteiger partial charge on any atom is -0.399 e. The van der Waals surface area contributed by atoms with Crippen LogP contribution in [0.1, 0.15) is 22.8 Å². The van der Waals surface area contributed by atoms with E-state index in [0.717, 1.165) is 6.07 Å². The molecule has 0 aliphatic heterocycles. The zero-order valence-electron chi connectivity index (χ0n) is 9.85. The molecule has 5 heteroatoms. The Morgan fingerprint density at radius 2 is 1.53 bits per heavy atom. The van der Waals surface area contributed by atoms with Gasteiger partial charge in [-0.05, 0) is 29.3 Å². The van der Waals surface area contributed by atoms with Crippen LogP contribution in [-0.4, -0.2) is 5.11 Å². The molecular formula is C14H12F3NO. The van der Waals surface area contributed by atoms with Crippen molar-refractivity contribution in [1.82, 2.24) is 0 Å². The van der Waals surface area contributed by atoms with Crippen molar-refractivity contribution in [3.8, 4) is 0 Å². The molecule has 0 aromatic heterocycles. The zero-order chi connectivity index (χ0) is 14.0. The number of halogens is 3. The highest BCUT2D eigenvalue weighted by Gasteiger charge is 2.34. The molecule has 0 bridgehead atoms. The van der Waals surface area contributed by atoms with Gasteiger partial charge in [0.15, 0.2) is 0 Å². The fourth-order valence-corrected chi connectivity index (χ4v) is 1.85. The summed E-state index contributed by atoms with van der Waals surface area (Å²) < 4.78 is 38.6. The molecule has 0 aliphatic rings. The molecule has 3 N–H and O–H groups in total. The van der Waals surface area contributed by atoms with Crippen molar-refractivity contribution in [2.75, 3.05) is 5.73 Å². The van der Waals surface area contributed by atoms with Crippen molar-refractivity contribution in [3.63, 3.8) is 0 Å². The van der Waals surface area contributed by atoms with Gasteiger partial charge >= 0.3 is 6.18 Å². The summed E-state index contributed by atoms with van der Waals surface area (Å²) in [6.07, 6.45) is -5.83. The average molecular weight is 267 g/mol. The van der Waals surface area contributed by atoms with E-state index in [1.165, 1.54) is 42.5 Å². The standard InChI is InChI=1S/C14H12F3NO/c15-14(16,17)12-4-2-1-3-11(12)13(19)9-5-7-10(18)8-6-9/h1-8,13,19H,18H2. The molecule has 2 rings (SSSR count). The van der Waals surface area contributed by atoms with Crippen LogP contribution in [0.3, 0.4) is 0 Å².